The number of fused-ring (bicyclic) bond motifs is 1. The van der Waals surface area contributed by atoms with Crippen molar-refractivity contribution in [1.82, 2.24) is 4.98 Å². The average molecular weight is 264 g/mol. The highest BCUT2D eigenvalue weighted by Crippen LogP contribution is 2.25. The molecule has 1 heterocycles. The van der Waals surface area contributed by atoms with E-state index in [1.54, 1.807) is 7.11 Å². The van der Waals surface area contributed by atoms with Gasteiger partial charge in [0.15, 0.2) is 0 Å². The van der Waals surface area contributed by atoms with Gasteiger partial charge in [-0.15, -0.1) is 0 Å². The first-order chi connectivity index (χ1) is 9.76. The van der Waals surface area contributed by atoms with Gasteiger partial charge in [0.2, 0.25) is 5.88 Å². The molecule has 1 aromatic heterocycles. The minimum absolute atomic E-state index is 0.672. The smallest absolute Gasteiger partial charge is 0.217 e. The molecule has 0 aliphatic rings. The zero-order valence-corrected chi connectivity index (χ0v) is 11.3. The molecular weight excluding hydrogens is 248 g/mol. The highest BCUT2D eigenvalue weighted by atomic mass is 16.5. The number of nitrogens with two attached hydrogens (primary N) is 1. The van der Waals surface area contributed by atoms with E-state index in [9.17, 15) is 0 Å². The van der Waals surface area contributed by atoms with Crippen LogP contribution in [0.3, 0.4) is 0 Å². The predicted octanol–water partition coefficient (Wildman–Crippen LogP) is 3.42. The predicted molar refractivity (Wildman–Crippen MR) is 82.0 cm³/mol. The van der Waals surface area contributed by atoms with E-state index < -0.39 is 0 Å². The number of pyridine rings is 1. The fourth-order valence-electron chi connectivity index (χ4n) is 2.34. The summed E-state index contributed by atoms with van der Waals surface area (Å²) in [6.45, 7) is 0. The van der Waals surface area contributed by atoms with Gasteiger partial charge in [0.1, 0.15) is 0 Å². The molecule has 0 amide bonds. The van der Waals surface area contributed by atoms with Crippen molar-refractivity contribution >= 4 is 16.6 Å². The van der Waals surface area contributed by atoms with E-state index >= 15 is 0 Å². The van der Waals surface area contributed by atoms with Crippen molar-refractivity contribution < 1.29 is 4.74 Å². The van der Waals surface area contributed by atoms with Crippen LogP contribution in [0.4, 0.5) is 5.69 Å². The Morgan fingerprint density at radius 1 is 1.05 bits per heavy atom. The van der Waals surface area contributed by atoms with Gasteiger partial charge in [-0.1, -0.05) is 30.3 Å². The minimum Gasteiger partial charge on any atom is -0.481 e. The summed E-state index contributed by atoms with van der Waals surface area (Å²) in [5.74, 6) is 0.672. The molecule has 0 spiro atoms. The van der Waals surface area contributed by atoms with Gasteiger partial charge in [-0.05, 0) is 29.8 Å². The van der Waals surface area contributed by atoms with Crippen molar-refractivity contribution in [3.8, 4) is 5.88 Å². The summed E-state index contributed by atoms with van der Waals surface area (Å²) in [6.07, 6.45) is 0.793. The first-order valence-electron chi connectivity index (χ1n) is 6.53. The second-order valence-electron chi connectivity index (χ2n) is 4.77. The summed E-state index contributed by atoms with van der Waals surface area (Å²) in [5.41, 5.74) is 9.78. The van der Waals surface area contributed by atoms with Crippen LogP contribution in [-0.2, 0) is 6.42 Å². The standard InChI is InChI=1S/C17H16N2O/c1-20-17-14(9-12-5-3-2-4-6-12)10-13-11-15(18)7-8-16(13)19-17/h2-8,10-11H,9,18H2,1H3. The van der Waals surface area contributed by atoms with E-state index in [0.717, 1.165) is 28.6 Å². The molecule has 0 radical (unpaired) electrons. The molecule has 0 unspecified atom stereocenters. The van der Waals surface area contributed by atoms with Gasteiger partial charge in [-0.25, -0.2) is 4.98 Å². The van der Waals surface area contributed by atoms with Crippen LogP contribution in [0.1, 0.15) is 11.1 Å². The molecule has 3 heteroatoms. The molecule has 20 heavy (non-hydrogen) atoms. The maximum atomic E-state index is 5.84. The SMILES string of the molecule is COc1nc2ccc(N)cc2cc1Cc1ccccc1. The summed E-state index contributed by atoms with van der Waals surface area (Å²) in [5, 5.41) is 1.04. The minimum atomic E-state index is 0.672. The van der Waals surface area contributed by atoms with Gasteiger partial charge >= 0.3 is 0 Å². The van der Waals surface area contributed by atoms with Crippen molar-refractivity contribution in [3.63, 3.8) is 0 Å². The number of benzene rings is 2. The summed E-state index contributed by atoms with van der Waals surface area (Å²) in [6, 6.07) is 18.1. The summed E-state index contributed by atoms with van der Waals surface area (Å²) < 4.78 is 5.41. The van der Waals surface area contributed by atoms with Crippen LogP contribution in [0.15, 0.2) is 54.6 Å². The van der Waals surface area contributed by atoms with Crippen LogP contribution in [0.2, 0.25) is 0 Å². The Morgan fingerprint density at radius 3 is 2.60 bits per heavy atom. The van der Waals surface area contributed by atoms with E-state index in [0.29, 0.717) is 5.88 Å². The zero-order chi connectivity index (χ0) is 13.9. The Morgan fingerprint density at radius 2 is 1.85 bits per heavy atom. The molecule has 0 saturated heterocycles. The highest BCUT2D eigenvalue weighted by molar-refractivity contribution is 5.83. The Hall–Kier alpha value is -2.55. The van der Waals surface area contributed by atoms with E-state index in [2.05, 4.69) is 23.2 Å². The first-order valence-corrected chi connectivity index (χ1v) is 6.53. The Labute approximate surface area is 118 Å². The van der Waals surface area contributed by atoms with Gasteiger partial charge in [-0.3, -0.25) is 0 Å². The molecule has 0 atom stereocenters. The van der Waals surface area contributed by atoms with Gasteiger partial charge in [0.25, 0.3) is 0 Å². The summed E-state index contributed by atoms with van der Waals surface area (Å²) >= 11 is 0. The molecule has 2 N–H and O–H groups in total. The van der Waals surface area contributed by atoms with Crippen molar-refractivity contribution in [2.24, 2.45) is 0 Å². The second-order valence-corrected chi connectivity index (χ2v) is 4.77. The molecule has 0 aliphatic carbocycles. The lowest BCUT2D eigenvalue weighted by Gasteiger charge is -2.10. The van der Waals surface area contributed by atoms with E-state index in [4.69, 9.17) is 10.5 Å². The number of nitrogens with zero attached hydrogens (tertiary/aromatic N) is 1. The number of hydrogen-bond donors (Lipinski definition) is 1. The zero-order valence-electron chi connectivity index (χ0n) is 11.3. The molecule has 2 aromatic carbocycles. The third kappa shape index (κ3) is 2.43. The van der Waals surface area contributed by atoms with Crippen LogP contribution in [-0.4, -0.2) is 12.1 Å². The molecule has 3 nitrogen and oxygen atoms in total. The third-order valence-corrected chi connectivity index (χ3v) is 3.31. The molecule has 3 rings (SSSR count). The number of aromatic nitrogens is 1. The Kier molecular flexibility index (Phi) is 3.25. The van der Waals surface area contributed by atoms with Gasteiger partial charge in [0, 0.05) is 23.1 Å². The monoisotopic (exact) mass is 264 g/mol. The van der Waals surface area contributed by atoms with E-state index in [1.807, 2.05) is 36.4 Å². The third-order valence-electron chi connectivity index (χ3n) is 3.31. The molecule has 0 aliphatic heterocycles. The van der Waals surface area contributed by atoms with E-state index in [1.165, 1.54) is 5.56 Å². The number of ether oxygens (including phenoxy) is 1. The van der Waals surface area contributed by atoms with Gasteiger partial charge in [-0.2, -0.15) is 0 Å². The van der Waals surface area contributed by atoms with Crippen molar-refractivity contribution in [2.45, 2.75) is 6.42 Å². The quantitative estimate of drug-likeness (QED) is 0.737. The van der Waals surface area contributed by atoms with Crippen LogP contribution in [0, 0.1) is 0 Å². The Balaban J connectivity index is 2.08. The van der Waals surface area contributed by atoms with Crippen molar-refractivity contribution in [1.29, 1.82) is 0 Å². The number of rotatable bonds is 3. The van der Waals surface area contributed by atoms with E-state index in [-0.39, 0.29) is 0 Å². The number of anilines is 1. The topological polar surface area (TPSA) is 48.1 Å². The first kappa shape index (κ1) is 12.5. The fraction of sp³-hybridized carbons (Fsp3) is 0.118. The molecular formula is C17H16N2O. The largest absolute Gasteiger partial charge is 0.481 e. The lowest BCUT2D eigenvalue weighted by molar-refractivity contribution is 0.395. The molecule has 0 bridgehead atoms. The van der Waals surface area contributed by atoms with Crippen LogP contribution in [0.5, 0.6) is 5.88 Å². The lowest BCUT2D eigenvalue weighted by Crippen LogP contribution is -1.98. The van der Waals surface area contributed by atoms with Crippen LogP contribution >= 0.6 is 0 Å². The maximum absolute atomic E-state index is 5.84. The fourth-order valence-corrected chi connectivity index (χ4v) is 2.34. The number of nitrogen functional groups attached to an aromatic ring is 1. The Bertz CT molecular complexity index is 739. The van der Waals surface area contributed by atoms with Crippen LogP contribution in [0.25, 0.3) is 10.9 Å². The number of methoxy groups -OCH3 is 1. The van der Waals surface area contributed by atoms with Gasteiger partial charge in [0.05, 0.1) is 12.6 Å². The second kappa shape index (κ2) is 5.21. The molecule has 0 fully saturated rings. The van der Waals surface area contributed by atoms with Crippen molar-refractivity contribution in [2.75, 3.05) is 12.8 Å². The van der Waals surface area contributed by atoms with Gasteiger partial charge < -0.3 is 10.5 Å². The van der Waals surface area contributed by atoms with Crippen molar-refractivity contribution in [3.05, 3.63) is 65.7 Å². The summed E-state index contributed by atoms with van der Waals surface area (Å²) in [4.78, 5) is 4.55. The number of hydrogen-bond acceptors (Lipinski definition) is 3. The normalized spacial score (nSPS) is 10.7. The average Bonchev–Trinajstić information content (AvgIpc) is 2.47. The molecule has 0 saturated carbocycles. The molecule has 100 valence electrons. The highest BCUT2D eigenvalue weighted by Gasteiger charge is 2.08. The van der Waals surface area contributed by atoms with Crippen LogP contribution < -0.4 is 10.5 Å². The maximum Gasteiger partial charge on any atom is 0.217 e. The summed E-state index contributed by atoms with van der Waals surface area (Å²) in [7, 11) is 1.65. The molecule has 3 aromatic rings. The lowest BCUT2D eigenvalue weighted by atomic mass is 10.0.